The van der Waals surface area contributed by atoms with E-state index in [-0.39, 0.29) is 0 Å². The zero-order chi connectivity index (χ0) is 14.0. The van der Waals surface area contributed by atoms with Crippen molar-refractivity contribution in [1.82, 2.24) is 15.2 Å². The number of hydrogen-bond donors (Lipinski definition) is 1. The predicted molar refractivity (Wildman–Crippen MR) is 78.0 cm³/mol. The van der Waals surface area contributed by atoms with Crippen LogP contribution in [0, 0.1) is 13.8 Å². The highest BCUT2D eigenvalue weighted by molar-refractivity contribution is 5.46. The molecule has 0 unspecified atom stereocenters. The van der Waals surface area contributed by atoms with Crippen LogP contribution >= 0.6 is 0 Å². The van der Waals surface area contributed by atoms with Crippen molar-refractivity contribution in [1.29, 1.82) is 0 Å². The van der Waals surface area contributed by atoms with Crippen LogP contribution in [0.2, 0.25) is 0 Å². The summed E-state index contributed by atoms with van der Waals surface area (Å²) in [4.78, 5) is 5.78. The van der Waals surface area contributed by atoms with Crippen LogP contribution in [-0.4, -0.2) is 29.3 Å². The summed E-state index contributed by atoms with van der Waals surface area (Å²) in [5.74, 6) is 1.03. The molecule has 0 aliphatic heterocycles. The number of hydrogen-bond acceptors (Lipinski definition) is 3. The molecular weight excluding hydrogens is 224 g/mol. The van der Waals surface area contributed by atoms with Gasteiger partial charge in [0, 0.05) is 37.7 Å². The van der Waals surface area contributed by atoms with Crippen molar-refractivity contribution in [2.45, 2.75) is 27.7 Å². The van der Waals surface area contributed by atoms with Gasteiger partial charge < -0.3 is 4.90 Å². The Labute approximate surface area is 110 Å². The second-order valence-electron chi connectivity index (χ2n) is 3.72. The van der Waals surface area contributed by atoms with Crippen molar-refractivity contribution in [3.63, 3.8) is 0 Å². The van der Waals surface area contributed by atoms with Gasteiger partial charge in [0.25, 0.3) is 0 Å². The average molecular weight is 248 g/mol. The smallest absolute Gasteiger partial charge is 0.153 e. The summed E-state index contributed by atoms with van der Waals surface area (Å²) in [6.45, 7) is 8.09. The normalized spacial score (nSPS) is 8.56. The minimum Gasteiger partial charge on any atom is -0.361 e. The van der Waals surface area contributed by atoms with Gasteiger partial charge in [-0.2, -0.15) is 5.10 Å². The largest absolute Gasteiger partial charge is 0.361 e. The third-order valence-corrected chi connectivity index (χ3v) is 2.22. The Hall–Kier alpha value is -1.84. The van der Waals surface area contributed by atoms with E-state index in [1.54, 1.807) is 12.4 Å². The van der Waals surface area contributed by atoms with Gasteiger partial charge >= 0.3 is 0 Å². The second-order valence-corrected chi connectivity index (χ2v) is 3.72. The van der Waals surface area contributed by atoms with E-state index in [2.05, 4.69) is 22.1 Å². The molecular formula is C14H24N4. The molecule has 0 amide bonds. The number of aryl methyl sites for hydroxylation is 1. The molecule has 0 spiro atoms. The number of pyridine rings is 1. The van der Waals surface area contributed by atoms with Crippen molar-refractivity contribution < 1.29 is 0 Å². The van der Waals surface area contributed by atoms with Crippen LogP contribution in [0.25, 0.3) is 0 Å². The Morgan fingerprint density at radius 3 is 1.72 bits per heavy atom. The number of nitrogens with one attached hydrogen (secondary N) is 1. The number of aromatic nitrogens is 3. The Kier molecular flexibility index (Phi) is 8.27. The molecule has 2 aromatic rings. The lowest BCUT2D eigenvalue weighted by atomic mass is 10.3. The monoisotopic (exact) mass is 248 g/mol. The summed E-state index contributed by atoms with van der Waals surface area (Å²) < 4.78 is 0. The van der Waals surface area contributed by atoms with Gasteiger partial charge in [-0.05, 0) is 26.0 Å². The zero-order valence-electron chi connectivity index (χ0n) is 12.2. The lowest BCUT2D eigenvalue weighted by Gasteiger charge is -2.08. The maximum absolute atomic E-state index is 4.12. The average Bonchev–Trinajstić information content (AvgIpc) is 2.75. The van der Waals surface area contributed by atoms with Crippen molar-refractivity contribution in [2.75, 3.05) is 19.0 Å². The lowest BCUT2D eigenvalue weighted by Crippen LogP contribution is -2.10. The first-order chi connectivity index (χ1) is 8.63. The van der Waals surface area contributed by atoms with Crippen LogP contribution < -0.4 is 4.90 Å². The van der Waals surface area contributed by atoms with Gasteiger partial charge in [-0.1, -0.05) is 19.9 Å². The molecule has 1 N–H and O–H groups in total. The van der Waals surface area contributed by atoms with Crippen LogP contribution in [-0.2, 0) is 0 Å². The Morgan fingerprint density at radius 2 is 1.56 bits per heavy atom. The summed E-state index contributed by atoms with van der Waals surface area (Å²) in [5, 5.41) is 7.04. The first-order valence-corrected chi connectivity index (χ1v) is 6.16. The highest BCUT2D eigenvalue weighted by Crippen LogP contribution is 2.15. The standard InChI is InChI=1S/C7H13N3.C5H5N.C2H6/c1-5-6(2)8-9-7(5)10(3)4;1-2-4-6-5-3-1;1-2/h1-4H3,(H,8,9);1-5H;1-2H3. The van der Waals surface area contributed by atoms with E-state index in [1.165, 1.54) is 5.56 Å². The highest BCUT2D eigenvalue weighted by atomic mass is 15.2. The molecule has 0 bridgehead atoms. The molecule has 0 fully saturated rings. The maximum atomic E-state index is 4.12. The van der Waals surface area contributed by atoms with Gasteiger partial charge in [-0.25, -0.2) is 0 Å². The van der Waals surface area contributed by atoms with Gasteiger partial charge in [-0.15, -0.1) is 0 Å². The second kappa shape index (κ2) is 9.22. The summed E-state index contributed by atoms with van der Waals surface area (Å²) in [6, 6.07) is 5.72. The van der Waals surface area contributed by atoms with Crippen molar-refractivity contribution in [2.24, 2.45) is 0 Å². The molecule has 18 heavy (non-hydrogen) atoms. The van der Waals surface area contributed by atoms with E-state index in [4.69, 9.17) is 0 Å². The molecule has 4 nitrogen and oxygen atoms in total. The first-order valence-electron chi connectivity index (χ1n) is 6.16. The van der Waals surface area contributed by atoms with Gasteiger partial charge in [0.1, 0.15) is 0 Å². The van der Waals surface area contributed by atoms with E-state index >= 15 is 0 Å². The molecule has 0 atom stereocenters. The van der Waals surface area contributed by atoms with Gasteiger partial charge in [0.15, 0.2) is 5.82 Å². The molecule has 0 aliphatic carbocycles. The van der Waals surface area contributed by atoms with Crippen molar-refractivity contribution in [3.05, 3.63) is 41.9 Å². The quantitative estimate of drug-likeness (QED) is 0.843. The molecule has 0 aliphatic rings. The molecule has 0 saturated carbocycles. The van der Waals surface area contributed by atoms with E-state index in [0.29, 0.717) is 0 Å². The molecule has 4 heteroatoms. The fourth-order valence-electron chi connectivity index (χ4n) is 1.22. The number of aromatic amines is 1. The summed E-state index contributed by atoms with van der Waals surface area (Å²) in [5.41, 5.74) is 2.37. The summed E-state index contributed by atoms with van der Waals surface area (Å²) in [6.07, 6.45) is 3.50. The van der Waals surface area contributed by atoms with Gasteiger partial charge in [-0.3, -0.25) is 10.1 Å². The van der Waals surface area contributed by atoms with E-state index < -0.39 is 0 Å². The van der Waals surface area contributed by atoms with Crippen molar-refractivity contribution in [3.8, 4) is 0 Å². The maximum Gasteiger partial charge on any atom is 0.153 e. The minimum absolute atomic E-state index is 1.03. The first kappa shape index (κ1) is 16.2. The van der Waals surface area contributed by atoms with Crippen LogP contribution in [0.15, 0.2) is 30.6 Å². The molecule has 0 radical (unpaired) electrons. The number of nitrogens with zero attached hydrogens (tertiary/aromatic N) is 3. The Bertz CT molecular complexity index is 380. The SMILES string of the molecule is CC.Cc1[nH]nc(N(C)C)c1C.c1ccncc1. The fourth-order valence-corrected chi connectivity index (χ4v) is 1.22. The van der Waals surface area contributed by atoms with Gasteiger partial charge in [0.2, 0.25) is 0 Å². The summed E-state index contributed by atoms with van der Waals surface area (Å²) in [7, 11) is 3.98. The fraction of sp³-hybridized carbons (Fsp3) is 0.429. The Morgan fingerprint density at radius 1 is 1.00 bits per heavy atom. The minimum atomic E-state index is 1.03. The van der Waals surface area contributed by atoms with Crippen LogP contribution in [0.1, 0.15) is 25.1 Å². The molecule has 2 rings (SSSR count). The number of H-pyrrole nitrogens is 1. The van der Waals surface area contributed by atoms with Crippen LogP contribution in [0.3, 0.4) is 0 Å². The van der Waals surface area contributed by atoms with Crippen LogP contribution in [0.4, 0.5) is 5.82 Å². The Balaban J connectivity index is 0.000000308. The third kappa shape index (κ3) is 5.48. The number of anilines is 1. The van der Waals surface area contributed by atoms with E-state index in [0.717, 1.165) is 11.5 Å². The van der Waals surface area contributed by atoms with E-state index in [1.807, 2.05) is 58.0 Å². The predicted octanol–water partition coefficient (Wildman–Crippen LogP) is 3.20. The zero-order valence-corrected chi connectivity index (χ0v) is 12.2. The van der Waals surface area contributed by atoms with Gasteiger partial charge in [0.05, 0.1) is 0 Å². The van der Waals surface area contributed by atoms with E-state index in [9.17, 15) is 0 Å². The molecule has 2 heterocycles. The molecule has 0 saturated heterocycles. The van der Waals surface area contributed by atoms with Crippen LogP contribution in [0.5, 0.6) is 0 Å². The topological polar surface area (TPSA) is 44.8 Å². The molecule has 100 valence electrons. The lowest BCUT2D eigenvalue weighted by molar-refractivity contribution is 0.996. The molecule has 0 aromatic carbocycles. The van der Waals surface area contributed by atoms with Crippen molar-refractivity contribution >= 4 is 5.82 Å². The number of rotatable bonds is 1. The third-order valence-electron chi connectivity index (χ3n) is 2.22. The highest BCUT2D eigenvalue weighted by Gasteiger charge is 2.05. The molecule has 2 aromatic heterocycles. The summed E-state index contributed by atoms with van der Waals surface area (Å²) >= 11 is 0.